The van der Waals surface area contributed by atoms with Crippen LogP contribution in [0.15, 0.2) is 24.3 Å². The minimum absolute atomic E-state index is 0.0775. The van der Waals surface area contributed by atoms with Crippen LogP contribution in [0, 0.1) is 0 Å². The van der Waals surface area contributed by atoms with E-state index >= 15 is 0 Å². The van der Waals surface area contributed by atoms with Crippen molar-refractivity contribution in [1.29, 1.82) is 0 Å². The first kappa shape index (κ1) is 13.4. The second-order valence-corrected chi connectivity index (χ2v) is 5.01. The molecule has 0 radical (unpaired) electrons. The summed E-state index contributed by atoms with van der Waals surface area (Å²) in [5, 5.41) is 0. The van der Waals surface area contributed by atoms with Crippen molar-refractivity contribution in [3.05, 3.63) is 29.8 Å². The number of para-hydroxylation sites is 1. The molecule has 1 heterocycles. The maximum absolute atomic E-state index is 6.06. The van der Waals surface area contributed by atoms with Crippen molar-refractivity contribution in [3.63, 3.8) is 0 Å². The second-order valence-electron chi connectivity index (χ2n) is 5.01. The monoisotopic (exact) mass is 248 g/mol. The van der Waals surface area contributed by atoms with Gasteiger partial charge in [0, 0.05) is 31.4 Å². The van der Waals surface area contributed by atoms with Gasteiger partial charge in [-0.05, 0) is 38.3 Å². The van der Waals surface area contributed by atoms with E-state index in [0.29, 0.717) is 6.10 Å². The van der Waals surface area contributed by atoms with E-state index in [9.17, 15) is 0 Å². The van der Waals surface area contributed by atoms with Crippen molar-refractivity contribution in [2.45, 2.75) is 38.8 Å². The smallest absolute Gasteiger partial charge is 0.0750 e. The molecule has 1 aliphatic heterocycles. The molecule has 3 heteroatoms. The number of anilines is 1. The van der Waals surface area contributed by atoms with E-state index in [4.69, 9.17) is 10.5 Å². The lowest BCUT2D eigenvalue weighted by molar-refractivity contribution is 0.0526. The fourth-order valence-corrected chi connectivity index (χ4v) is 2.69. The zero-order chi connectivity index (χ0) is 13.0. The molecule has 2 N–H and O–H groups in total. The van der Waals surface area contributed by atoms with E-state index in [1.54, 1.807) is 0 Å². The molecule has 2 rings (SSSR count). The van der Waals surface area contributed by atoms with Crippen LogP contribution in [-0.4, -0.2) is 25.8 Å². The number of rotatable bonds is 4. The molecule has 3 nitrogen and oxygen atoms in total. The molecule has 1 aliphatic rings. The van der Waals surface area contributed by atoms with Crippen LogP contribution in [0.2, 0.25) is 0 Å². The van der Waals surface area contributed by atoms with Crippen LogP contribution < -0.4 is 10.6 Å². The molecule has 0 bridgehead atoms. The van der Waals surface area contributed by atoms with Gasteiger partial charge in [-0.15, -0.1) is 0 Å². The first-order valence-electron chi connectivity index (χ1n) is 6.93. The minimum atomic E-state index is 0.0775. The summed E-state index contributed by atoms with van der Waals surface area (Å²) in [6, 6.07) is 8.53. The third-order valence-electron chi connectivity index (χ3n) is 3.55. The van der Waals surface area contributed by atoms with Crippen LogP contribution in [0.1, 0.15) is 38.3 Å². The van der Waals surface area contributed by atoms with E-state index < -0.39 is 0 Å². The number of hydrogen-bond donors (Lipinski definition) is 1. The second kappa shape index (κ2) is 6.21. The average molecular weight is 248 g/mol. The topological polar surface area (TPSA) is 38.5 Å². The zero-order valence-corrected chi connectivity index (χ0v) is 11.4. The van der Waals surface area contributed by atoms with Crippen molar-refractivity contribution < 1.29 is 4.74 Å². The van der Waals surface area contributed by atoms with Gasteiger partial charge in [0.25, 0.3) is 0 Å². The predicted molar refractivity (Wildman–Crippen MR) is 75.9 cm³/mol. The summed E-state index contributed by atoms with van der Waals surface area (Å²) in [5.41, 5.74) is 8.56. The highest BCUT2D eigenvalue weighted by molar-refractivity contribution is 5.55. The normalized spacial score (nSPS) is 21.9. The van der Waals surface area contributed by atoms with Crippen LogP contribution in [0.25, 0.3) is 0 Å². The Kier molecular flexibility index (Phi) is 4.61. The summed E-state index contributed by atoms with van der Waals surface area (Å²) in [6.45, 7) is 7.00. The van der Waals surface area contributed by atoms with Crippen molar-refractivity contribution >= 4 is 5.69 Å². The molecule has 0 aromatic heterocycles. The van der Waals surface area contributed by atoms with E-state index in [2.05, 4.69) is 36.1 Å². The molecule has 2 atom stereocenters. The first-order chi connectivity index (χ1) is 8.72. The first-order valence-corrected chi connectivity index (χ1v) is 6.93. The molecular formula is C15H24N2O. The Hall–Kier alpha value is -1.06. The number of nitrogens with two attached hydrogens (primary N) is 1. The van der Waals surface area contributed by atoms with Gasteiger partial charge in [0.2, 0.25) is 0 Å². The molecule has 18 heavy (non-hydrogen) atoms. The summed E-state index contributed by atoms with van der Waals surface area (Å²) in [4.78, 5) is 2.42. The third-order valence-corrected chi connectivity index (χ3v) is 3.55. The van der Waals surface area contributed by atoms with Crippen molar-refractivity contribution in [1.82, 2.24) is 0 Å². The number of hydrogen-bond acceptors (Lipinski definition) is 3. The lowest BCUT2D eigenvalue weighted by atomic mass is 10.0. The highest BCUT2D eigenvalue weighted by atomic mass is 16.5. The Morgan fingerprint density at radius 2 is 2.22 bits per heavy atom. The molecule has 100 valence electrons. The van der Waals surface area contributed by atoms with Crippen LogP contribution >= 0.6 is 0 Å². The van der Waals surface area contributed by atoms with Gasteiger partial charge in [-0.1, -0.05) is 18.2 Å². The highest BCUT2D eigenvalue weighted by Crippen LogP contribution is 2.28. The van der Waals surface area contributed by atoms with Gasteiger partial charge in [0.1, 0.15) is 0 Å². The van der Waals surface area contributed by atoms with Gasteiger partial charge in [-0.2, -0.15) is 0 Å². The van der Waals surface area contributed by atoms with Crippen LogP contribution in [0.4, 0.5) is 5.69 Å². The number of piperidine rings is 1. The van der Waals surface area contributed by atoms with Gasteiger partial charge < -0.3 is 15.4 Å². The third kappa shape index (κ3) is 3.03. The number of ether oxygens (including phenoxy) is 1. The summed E-state index contributed by atoms with van der Waals surface area (Å²) < 4.78 is 5.76. The van der Waals surface area contributed by atoms with Crippen molar-refractivity contribution in [2.24, 2.45) is 5.73 Å². The Bertz CT molecular complexity index is 377. The molecule has 1 saturated heterocycles. The maximum atomic E-state index is 6.06. The molecule has 0 amide bonds. The van der Waals surface area contributed by atoms with E-state index in [1.807, 2.05) is 6.92 Å². The van der Waals surface area contributed by atoms with Crippen LogP contribution in [0.3, 0.4) is 0 Å². The lowest BCUT2D eigenvalue weighted by Gasteiger charge is -2.35. The van der Waals surface area contributed by atoms with Crippen LogP contribution in [-0.2, 0) is 4.74 Å². The molecule has 1 aromatic rings. The average Bonchev–Trinajstić information content (AvgIpc) is 2.39. The minimum Gasteiger partial charge on any atom is -0.377 e. The Balaban J connectivity index is 2.15. The van der Waals surface area contributed by atoms with E-state index in [-0.39, 0.29) is 6.04 Å². The van der Waals surface area contributed by atoms with E-state index in [1.165, 1.54) is 24.1 Å². The van der Waals surface area contributed by atoms with Gasteiger partial charge >= 0.3 is 0 Å². The lowest BCUT2D eigenvalue weighted by Crippen LogP contribution is -2.40. The molecule has 0 saturated carbocycles. The summed E-state index contributed by atoms with van der Waals surface area (Å²) >= 11 is 0. The van der Waals surface area contributed by atoms with Crippen molar-refractivity contribution in [3.8, 4) is 0 Å². The summed E-state index contributed by atoms with van der Waals surface area (Å²) in [5.74, 6) is 0. The van der Waals surface area contributed by atoms with Crippen LogP contribution in [0.5, 0.6) is 0 Å². The Morgan fingerprint density at radius 1 is 1.44 bits per heavy atom. The molecule has 0 spiro atoms. The fraction of sp³-hybridized carbons (Fsp3) is 0.600. The zero-order valence-electron chi connectivity index (χ0n) is 11.4. The number of nitrogens with zero attached hydrogens (tertiary/aromatic N) is 1. The SMILES string of the molecule is CCOC1CCCN(c2ccccc2C(C)N)C1. The van der Waals surface area contributed by atoms with E-state index in [0.717, 1.165) is 19.7 Å². The largest absolute Gasteiger partial charge is 0.377 e. The molecule has 1 fully saturated rings. The predicted octanol–water partition coefficient (Wildman–Crippen LogP) is 2.71. The van der Waals surface area contributed by atoms with Gasteiger partial charge in [0.05, 0.1) is 6.10 Å². The highest BCUT2D eigenvalue weighted by Gasteiger charge is 2.22. The van der Waals surface area contributed by atoms with Gasteiger partial charge in [-0.25, -0.2) is 0 Å². The maximum Gasteiger partial charge on any atom is 0.0750 e. The number of benzene rings is 1. The van der Waals surface area contributed by atoms with Gasteiger partial charge in [-0.3, -0.25) is 0 Å². The molecule has 2 unspecified atom stereocenters. The molecule has 1 aromatic carbocycles. The Labute approximate surface area is 110 Å². The molecular weight excluding hydrogens is 224 g/mol. The Morgan fingerprint density at radius 3 is 2.94 bits per heavy atom. The summed E-state index contributed by atoms with van der Waals surface area (Å²) in [6.07, 6.45) is 2.73. The standard InChI is InChI=1S/C15H24N2O/c1-3-18-13-7-6-10-17(11-13)15-9-5-4-8-14(15)12(2)16/h4-5,8-9,12-13H,3,6-7,10-11,16H2,1-2H3. The van der Waals surface area contributed by atoms with Crippen molar-refractivity contribution in [2.75, 3.05) is 24.6 Å². The molecule has 0 aliphatic carbocycles. The fourth-order valence-electron chi connectivity index (χ4n) is 2.69. The quantitative estimate of drug-likeness (QED) is 0.890. The summed E-state index contributed by atoms with van der Waals surface area (Å²) in [7, 11) is 0. The van der Waals surface area contributed by atoms with Gasteiger partial charge in [0.15, 0.2) is 0 Å².